The Morgan fingerprint density at radius 3 is 2.56 bits per heavy atom. The maximum absolute atomic E-state index is 5.74. The Balaban J connectivity index is 1.38. The molecule has 0 bridgehead atoms. The minimum atomic E-state index is 0.336. The first-order valence-corrected chi connectivity index (χ1v) is 10.7. The summed E-state index contributed by atoms with van der Waals surface area (Å²) in [7, 11) is 0. The van der Waals surface area contributed by atoms with Crippen molar-refractivity contribution in [2.45, 2.75) is 69.0 Å². The van der Waals surface area contributed by atoms with Crippen LogP contribution in [0.3, 0.4) is 0 Å². The molecule has 2 N–H and O–H groups in total. The van der Waals surface area contributed by atoms with Crippen molar-refractivity contribution in [1.82, 2.24) is 15.5 Å². The molecule has 25 heavy (non-hydrogen) atoms. The van der Waals surface area contributed by atoms with Gasteiger partial charge in [-0.3, -0.25) is 4.90 Å². The molecule has 144 valence electrons. The molecule has 4 aliphatic rings. The maximum Gasteiger partial charge on any atom is 0.0623 e. The van der Waals surface area contributed by atoms with Crippen molar-refractivity contribution in [3.05, 3.63) is 0 Å². The first kappa shape index (κ1) is 18.2. The van der Waals surface area contributed by atoms with E-state index in [2.05, 4.69) is 15.5 Å². The number of hydrogen-bond donors (Lipinski definition) is 2. The topological polar surface area (TPSA) is 45.8 Å². The van der Waals surface area contributed by atoms with Crippen LogP contribution in [-0.2, 0) is 9.47 Å². The summed E-state index contributed by atoms with van der Waals surface area (Å²) in [4.78, 5) is 2.80. The summed E-state index contributed by atoms with van der Waals surface area (Å²) in [6.45, 7) is 8.37. The van der Waals surface area contributed by atoms with E-state index < -0.39 is 0 Å². The van der Waals surface area contributed by atoms with Crippen molar-refractivity contribution in [3.63, 3.8) is 0 Å². The molecule has 4 fully saturated rings. The summed E-state index contributed by atoms with van der Waals surface area (Å²) in [5.74, 6) is 0.735. The zero-order valence-corrected chi connectivity index (χ0v) is 15.8. The molecule has 3 aliphatic heterocycles. The zero-order valence-electron chi connectivity index (χ0n) is 15.8. The molecule has 3 heterocycles. The molecule has 5 nitrogen and oxygen atoms in total. The highest BCUT2D eigenvalue weighted by Gasteiger charge is 2.41. The van der Waals surface area contributed by atoms with Crippen LogP contribution in [0.25, 0.3) is 0 Å². The van der Waals surface area contributed by atoms with Gasteiger partial charge in [0, 0.05) is 43.9 Å². The molecule has 3 atom stereocenters. The van der Waals surface area contributed by atoms with Crippen molar-refractivity contribution < 1.29 is 9.47 Å². The van der Waals surface area contributed by atoms with Gasteiger partial charge in [0.15, 0.2) is 0 Å². The summed E-state index contributed by atoms with van der Waals surface area (Å²) >= 11 is 0. The fraction of sp³-hybridized carbons (Fsp3) is 1.00. The number of nitrogens with one attached hydrogen (secondary N) is 2. The maximum atomic E-state index is 5.74. The molecule has 3 unspecified atom stereocenters. The monoisotopic (exact) mass is 351 g/mol. The van der Waals surface area contributed by atoms with E-state index in [1.54, 1.807) is 0 Å². The minimum absolute atomic E-state index is 0.336. The van der Waals surface area contributed by atoms with E-state index in [1.807, 2.05) is 0 Å². The number of rotatable bonds is 5. The van der Waals surface area contributed by atoms with Gasteiger partial charge in [0.2, 0.25) is 0 Å². The third-order valence-electron chi connectivity index (χ3n) is 7.18. The third kappa shape index (κ3) is 4.22. The van der Waals surface area contributed by atoms with Crippen molar-refractivity contribution in [3.8, 4) is 0 Å². The lowest BCUT2D eigenvalue weighted by Crippen LogP contribution is -2.61. The SMILES string of the molecule is C1CCN(C2(CNC3CCCC3C3COCCN3)CCOCC2)CC1. The van der Waals surface area contributed by atoms with Gasteiger partial charge in [-0.05, 0) is 57.5 Å². The number of nitrogens with zero attached hydrogens (tertiary/aromatic N) is 1. The minimum Gasteiger partial charge on any atom is -0.381 e. The number of piperidine rings is 1. The van der Waals surface area contributed by atoms with Gasteiger partial charge in [0.1, 0.15) is 0 Å². The summed E-state index contributed by atoms with van der Waals surface area (Å²) in [6.07, 6.45) is 10.6. The number of hydrogen-bond acceptors (Lipinski definition) is 5. The summed E-state index contributed by atoms with van der Waals surface area (Å²) in [5, 5.41) is 7.75. The molecule has 0 aromatic heterocycles. The summed E-state index contributed by atoms with van der Waals surface area (Å²) in [6, 6.07) is 1.21. The Morgan fingerprint density at radius 1 is 0.960 bits per heavy atom. The van der Waals surface area contributed by atoms with Gasteiger partial charge in [0.05, 0.1) is 13.2 Å². The van der Waals surface area contributed by atoms with Crippen molar-refractivity contribution in [2.24, 2.45) is 5.92 Å². The van der Waals surface area contributed by atoms with Crippen LogP contribution in [0.5, 0.6) is 0 Å². The van der Waals surface area contributed by atoms with Gasteiger partial charge >= 0.3 is 0 Å². The zero-order chi connectivity index (χ0) is 17.0. The van der Waals surface area contributed by atoms with E-state index in [1.165, 1.54) is 64.5 Å². The number of morpholine rings is 1. The van der Waals surface area contributed by atoms with E-state index in [9.17, 15) is 0 Å². The molecule has 0 spiro atoms. The standard InChI is InChI=1S/C20H37N3O2/c1-2-10-23(11-3-1)20(7-12-24-13-8-20)16-22-18-6-4-5-17(18)19-15-25-14-9-21-19/h17-19,21-22H,1-16H2. The Morgan fingerprint density at radius 2 is 1.80 bits per heavy atom. The molecule has 1 saturated carbocycles. The highest BCUT2D eigenvalue weighted by atomic mass is 16.5. The number of likely N-dealkylation sites (tertiary alicyclic amines) is 1. The molecule has 0 amide bonds. The highest BCUT2D eigenvalue weighted by Crippen LogP contribution is 2.33. The van der Waals surface area contributed by atoms with Crippen LogP contribution in [0, 0.1) is 5.92 Å². The van der Waals surface area contributed by atoms with Crippen LogP contribution >= 0.6 is 0 Å². The smallest absolute Gasteiger partial charge is 0.0623 e. The van der Waals surface area contributed by atoms with Gasteiger partial charge in [-0.1, -0.05) is 12.8 Å². The van der Waals surface area contributed by atoms with Crippen LogP contribution in [0.1, 0.15) is 51.4 Å². The van der Waals surface area contributed by atoms with Crippen LogP contribution in [-0.4, -0.2) is 75.1 Å². The summed E-state index contributed by atoms with van der Waals surface area (Å²) in [5.41, 5.74) is 0.336. The fourth-order valence-electron chi connectivity index (χ4n) is 5.63. The van der Waals surface area contributed by atoms with Crippen molar-refractivity contribution >= 4 is 0 Å². The first-order chi connectivity index (χ1) is 12.4. The van der Waals surface area contributed by atoms with Gasteiger partial charge in [-0.2, -0.15) is 0 Å². The van der Waals surface area contributed by atoms with Crippen LogP contribution in [0.15, 0.2) is 0 Å². The van der Waals surface area contributed by atoms with E-state index in [0.29, 0.717) is 17.6 Å². The molecule has 0 aromatic rings. The molecular formula is C20H37N3O2. The second-order valence-corrected chi connectivity index (χ2v) is 8.60. The Kier molecular flexibility index (Phi) is 6.30. The Labute approximate surface area is 153 Å². The van der Waals surface area contributed by atoms with E-state index >= 15 is 0 Å². The summed E-state index contributed by atoms with van der Waals surface area (Å²) < 4.78 is 11.5. The molecule has 0 aromatic carbocycles. The van der Waals surface area contributed by atoms with Crippen LogP contribution in [0.4, 0.5) is 0 Å². The van der Waals surface area contributed by atoms with Gasteiger partial charge in [-0.15, -0.1) is 0 Å². The largest absolute Gasteiger partial charge is 0.381 e. The molecule has 1 aliphatic carbocycles. The van der Waals surface area contributed by atoms with Crippen LogP contribution < -0.4 is 10.6 Å². The average molecular weight is 352 g/mol. The lowest BCUT2D eigenvalue weighted by molar-refractivity contribution is -0.0379. The lowest BCUT2D eigenvalue weighted by atomic mass is 9.85. The average Bonchev–Trinajstić information content (AvgIpc) is 3.17. The van der Waals surface area contributed by atoms with Crippen LogP contribution in [0.2, 0.25) is 0 Å². The molecule has 3 saturated heterocycles. The quantitative estimate of drug-likeness (QED) is 0.790. The Hall–Kier alpha value is -0.200. The Bertz CT molecular complexity index is 402. The van der Waals surface area contributed by atoms with Gasteiger partial charge in [0.25, 0.3) is 0 Å². The predicted octanol–water partition coefficient (Wildman–Crippen LogP) is 1.77. The first-order valence-electron chi connectivity index (χ1n) is 10.7. The normalized spacial score (nSPS) is 37.2. The highest BCUT2D eigenvalue weighted by molar-refractivity contribution is 4.99. The molecule has 0 radical (unpaired) electrons. The number of ether oxygens (including phenoxy) is 2. The van der Waals surface area contributed by atoms with E-state index in [-0.39, 0.29) is 0 Å². The molecule has 4 rings (SSSR count). The predicted molar refractivity (Wildman–Crippen MR) is 99.9 cm³/mol. The van der Waals surface area contributed by atoms with Gasteiger partial charge in [-0.25, -0.2) is 0 Å². The molecule has 5 heteroatoms. The van der Waals surface area contributed by atoms with Gasteiger partial charge < -0.3 is 20.1 Å². The third-order valence-corrected chi connectivity index (χ3v) is 7.18. The van der Waals surface area contributed by atoms with Crippen molar-refractivity contribution in [2.75, 3.05) is 52.6 Å². The fourth-order valence-corrected chi connectivity index (χ4v) is 5.63. The van der Waals surface area contributed by atoms with E-state index in [0.717, 1.165) is 45.4 Å². The molecular weight excluding hydrogens is 314 g/mol. The second kappa shape index (κ2) is 8.66. The van der Waals surface area contributed by atoms with E-state index in [4.69, 9.17) is 9.47 Å². The van der Waals surface area contributed by atoms with Crippen molar-refractivity contribution in [1.29, 1.82) is 0 Å². The second-order valence-electron chi connectivity index (χ2n) is 8.60. The lowest BCUT2D eigenvalue weighted by Gasteiger charge is -2.49.